The third-order valence-corrected chi connectivity index (χ3v) is 4.04. The van der Waals surface area contributed by atoms with E-state index in [0.717, 1.165) is 0 Å². The topological polar surface area (TPSA) is 75.4 Å². The molecule has 21 heavy (non-hydrogen) atoms. The minimum Gasteiger partial charge on any atom is -0.399 e. The van der Waals surface area contributed by atoms with Crippen molar-refractivity contribution >= 4 is 17.5 Å². The highest BCUT2D eigenvalue weighted by Crippen LogP contribution is 2.31. The lowest BCUT2D eigenvalue weighted by atomic mass is 9.89. The third kappa shape index (κ3) is 2.70. The molecule has 2 rings (SSSR count). The molecule has 1 saturated heterocycles. The van der Waals surface area contributed by atoms with Crippen LogP contribution in [0.4, 0.5) is 10.1 Å². The molecule has 0 aromatic heterocycles. The first-order valence-corrected chi connectivity index (χ1v) is 6.85. The van der Waals surface area contributed by atoms with Crippen LogP contribution in [0.15, 0.2) is 12.1 Å². The van der Waals surface area contributed by atoms with Crippen molar-refractivity contribution in [3.63, 3.8) is 0 Å². The Balaban J connectivity index is 2.25. The average Bonchev–Trinajstić information content (AvgIpc) is 2.85. The summed E-state index contributed by atoms with van der Waals surface area (Å²) in [6.07, 6.45) is 0.557. The quantitative estimate of drug-likeness (QED) is 0.807. The van der Waals surface area contributed by atoms with Gasteiger partial charge in [0.1, 0.15) is 5.82 Å². The number of hydrogen-bond acceptors (Lipinski definition) is 3. The Morgan fingerprint density at radius 2 is 2.10 bits per heavy atom. The van der Waals surface area contributed by atoms with Crippen LogP contribution >= 0.6 is 0 Å². The third-order valence-electron chi connectivity index (χ3n) is 4.04. The predicted octanol–water partition coefficient (Wildman–Crippen LogP) is 1.31. The summed E-state index contributed by atoms with van der Waals surface area (Å²) < 4.78 is 14.1. The van der Waals surface area contributed by atoms with E-state index in [9.17, 15) is 14.0 Å². The molecule has 0 radical (unpaired) electrons. The molecule has 1 aliphatic rings. The zero-order valence-electron chi connectivity index (χ0n) is 12.5. The van der Waals surface area contributed by atoms with Crippen molar-refractivity contribution < 1.29 is 14.0 Å². The highest BCUT2D eigenvalue weighted by atomic mass is 19.1. The van der Waals surface area contributed by atoms with Gasteiger partial charge in [-0.3, -0.25) is 9.59 Å². The van der Waals surface area contributed by atoms with Crippen molar-refractivity contribution in [2.45, 2.75) is 20.3 Å². The summed E-state index contributed by atoms with van der Waals surface area (Å²) in [5, 5.41) is 2.61. The van der Waals surface area contributed by atoms with Crippen LogP contribution in [0.1, 0.15) is 29.3 Å². The van der Waals surface area contributed by atoms with Crippen molar-refractivity contribution in [2.24, 2.45) is 5.41 Å². The fraction of sp³-hybridized carbons (Fsp3) is 0.467. The van der Waals surface area contributed by atoms with Gasteiger partial charge in [-0.15, -0.1) is 0 Å². The van der Waals surface area contributed by atoms with E-state index in [4.69, 9.17) is 5.73 Å². The van der Waals surface area contributed by atoms with Crippen LogP contribution < -0.4 is 11.1 Å². The predicted molar refractivity (Wildman–Crippen MR) is 78.2 cm³/mol. The number of likely N-dealkylation sites (tertiary alicyclic amines) is 1. The maximum absolute atomic E-state index is 14.1. The second-order valence-corrected chi connectivity index (χ2v) is 5.82. The number of carbonyl (C=O) groups is 2. The second-order valence-electron chi connectivity index (χ2n) is 5.82. The van der Waals surface area contributed by atoms with Crippen LogP contribution in [0, 0.1) is 18.2 Å². The molecule has 0 spiro atoms. The largest absolute Gasteiger partial charge is 0.399 e. The monoisotopic (exact) mass is 293 g/mol. The summed E-state index contributed by atoms with van der Waals surface area (Å²) in [5.41, 5.74) is 5.72. The van der Waals surface area contributed by atoms with Gasteiger partial charge in [0.15, 0.2) is 0 Å². The first-order valence-electron chi connectivity index (χ1n) is 6.85. The molecule has 6 heteroatoms. The molecule has 1 aromatic rings. The van der Waals surface area contributed by atoms with Gasteiger partial charge in [0.25, 0.3) is 5.91 Å². The van der Waals surface area contributed by atoms with Crippen LogP contribution in [-0.4, -0.2) is 36.9 Å². The van der Waals surface area contributed by atoms with E-state index in [0.29, 0.717) is 24.2 Å². The van der Waals surface area contributed by atoms with Gasteiger partial charge in [-0.1, -0.05) is 0 Å². The van der Waals surface area contributed by atoms with Gasteiger partial charge in [0.05, 0.1) is 11.0 Å². The van der Waals surface area contributed by atoms with Crippen LogP contribution in [0.5, 0.6) is 0 Å². The minimum absolute atomic E-state index is 0.0337. The highest BCUT2D eigenvalue weighted by Gasteiger charge is 2.42. The zero-order chi connectivity index (χ0) is 15.8. The molecule has 1 heterocycles. The van der Waals surface area contributed by atoms with Crippen molar-refractivity contribution in [2.75, 3.05) is 25.9 Å². The Bertz CT molecular complexity index is 603. The number of carbonyl (C=O) groups excluding carboxylic acids is 2. The Morgan fingerprint density at radius 3 is 2.71 bits per heavy atom. The van der Waals surface area contributed by atoms with Crippen LogP contribution in [0.3, 0.4) is 0 Å². The molecule has 1 aliphatic heterocycles. The Morgan fingerprint density at radius 1 is 1.43 bits per heavy atom. The minimum atomic E-state index is -0.629. The maximum Gasteiger partial charge on any atom is 0.256 e. The number of nitrogen functional groups attached to an aromatic ring is 1. The Kier molecular flexibility index (Phi) is 3.89. The van der Waals surface area contributed by atoms with Crippen molar-refractivity contribution in [3.8, 4) is 0 Å². The fourth-order valence-corrected chi connectivity index (χ4v) is 2.74. The zero-order valence-corrected chi connectivity index (χ0v) is 12.5. The molecule has 1 unspecified atom stereocenters. The second kappa shape index (κ2) is 5.35. The van der Waals surface area contributed by atoms with Gasteiger partial charge in [-0.25, -0.2) is 4.39 Å². The number of amides is 2. The van der Waals surface area contributed by atoms with E-state index < -0.39 is 17.1 Å². The Hall–Kier alpha value is -2.11. The molecule has 5 nitrogen and oxygen atoms in total. The van der Waals surface area contributed by atoms with Gasteiger partial charge < -0.3 is 16.0 Å². The lowest BCUT2D eigenvalue weighted by molar-refractivity contribution is -0.128. The fourth-order valence-electron chi connectivity index (χ4n) is 2.74. The number of aryl methyl sites for hydroxylation is 1. The average molecular weight is 293 g/mol. The van der Waals surface area contributed by atoms with Crippen LogP contribution in [0.2, 0.25) is 0 Å². The first kappa shape index (κ1) is 15.3. The van der Waals surface area contributed by atoms with E-state index in [1.807, 2.05) is 0 Å². The van der Waals surface area contributed by atoms with Crippen LogP contribution in [0.25, 0.3) is 0 Å². The SMILES string of the molecule is CNC(=O)C1(C)CCN(C(=O)c2cc(N)cc(C)c2F)C1. The number of hydrogen-bond donors (Lipinski definition) is 2. The molecule has 3 N–H and O–H groups in total. The molecule has 1 fully saturated rings. The normalized spacial score (nSPS) is 21.4. The van der Waals surface area contributed by atoms with Crippen molar-refractivity contribution in [3.05, 3.63) is 29.1 Å². The number of rotatable bonds is 2. The number of anilines is 1. The van der Waals surface area contributed by atoms with E-state index in [2.05, 4.69) is 5.32 Å². The molecule has 114 valence electrons. The lowest BCUT2D eigenvalue weighted by Crippen LogP contribution is -2.40. The molecule has 1 atom stereocenters. The number of halogens is 1. The summed E-state index contributed by atoms with van der Waals surface area (Å²) in [4.78, 5) is 25.8. The maximum atomic E-state index is 14.1. The van der Waals surface area contributed by atoms with Gasteiger partial charge in [0.2, 0.25) is 5.91 Å². The summed E-state index contributed by atoms with van der Waals surface area (Å²) >= 11 is 0. The number of benzene rings is 1. The smallest absolute Gasteiger partial charge is 0.256 e. The number of nitrogens with one attached hydrogen (secondary N) is 1. The van der Waals surface area contributed by atoms with Gasteiger partial charge in [-0.05, 0) is 38.0 Å². The molecule has 0 saturated carbocycles. The van der Waals surface area contributed by atoms with E-state index in [1.165, 1.54) is 17.0 Å². The highest BCUT2D eigenvalue weighted by molar-refractivity contribution is 5.96. The van der Waals surface area contributed by atoms with Crippen LogP contribution in [-0.2, 0) is 4.79 Å². The number of nitrogens with two attached hydrogens (primary N) is 1. The van der Waals surface area contributed by atoms with Gasteiger partial charge in [-0.2, -0.15) is 0 Å². The standard InChI is InChI=1S/C15H20FN3O2/c1-9-6-10(17)7-11(12(9)16)13(20)19-5-4-15(2,8-19)14(21)18-3/h6-7H,4-5,8,17H2,1-3H3,(H,18,21). The summed E-state index contributed by atoms with van der Waals surface area (Å²) in [5.74, 6) is -1.08. The molecular formula is C15H20FN3O2. The number of nitrogens with zero attached hydrogens (tertiary/aromatic N) is 1. The van der Waals surface area contributed by atoms with E-state index in [-0.39, 0.29) is 18.0 Å². The molecule has 2 amide bonds. The van der Waals surface area contributed by atoms with E-state index in [1.54, 1.807) is 20.9 Å². The van der Waals surface area contributed by atoms with Gasteiger partial charge in [0, 0.05) is 25.8 Å². The summed E-state index contributed by atoms with van der Waals surface area (Å²) in [7, 11) is 1.57. The van der Waals surface area contributed by atoms with Crippen molar-refractivity contribution in [1.29, 1.82) is 0 Å². The summed E-state index contributed by atoms with van der Waals surface area (Å²) in [6, 6.07) is 2.84. The van der Waals surface area contributed by atoms with E-state index >= 15 is 0 Å². The molecule has 1 aromatic carbocycles. The molecular weight excluding hydrogens is 273 g/mol. The first-order chi connectivity index (χ1) is 9.78. The lowest BCUT2D eigenvalue weighted by Gasteiger charge is -2.23. The summed E-state index contributed by atoms with van der Waals surface area (Å²) in [6.45, 7) is 4.08. The van der Waals surface area contributed by atoms with Crippen molar-refractivity contribution in [1.82, 2.24) is 10.2 Å². The molecule has 0 aliphatic carbocycles. The molecule has 0 bridgehead atoms. The van der Waals surface area contributed by atoms with Gasteiger partial charge >= 0.3 is 0 Å². The Labute approximate surface area is 123 Å².